The van der Waals surface area contributed by atoms with Gasteiger partial charge in [-0.1, -0.05) is 18.9 Å². The molecule has 0 unspecified atom stereocenters. The van der Waals surface area contributed by atoms with Crippen LogP contribution in [-0.4, -0.2) is 22.2 Å². The Hall–Kier alpha value is -1.62. The summed E-state index contributed by atoms with van der Waals surface area (Å²) in [5.74, 6) is 0.430. The van der Waals surface area contributed by atoms with E-state index in [-0.39, 0.29) is 12.3 Å². The maximum atomic E-state index is 10.6. The molecule has 0 aliphatic heterocycles. The van der Waals surface area contributed by atoms with Crippen molar-refractivity contribution in [3.63, 3.8) is 0 Å². The highest BCUT2D eigenvalue weighted by Gasteiger charge is 2.31. The number of non-ortho nitro benzene ring substituents is 1. The molecule has 0 atom stereocenters. The lowest BCUT2D eigenvalue weighted by Gasteiger charge is -2.22. The van der Waals surface area contributed by atoms with Gasteiger partial charge in [-0.05, 0) is 18.9 Å². The van der Waals surface area contributed by atoms with E-state index >= 15 is 0 Å². The zero-order valence-electron chi connectivity index (χ0n) is 9.46. The van der Waals surface area contributed by atoms with E-state index in [1.165, 1.54) is 12.1 Å². The Balaban J connectivity index is 1.99. The quantitative estimate of drug-likeness (QED) is 0.644. The van der Waals surface area contributed by atoms with Gasteiger partial charge in [0.2, 0.25) is 0 Å². The molecular formula is C12H15NO4. The number of ether oxygens (including phenoxy) is 1. The fourth-order valence-electron chi connectivity index (χ4n) is 2.08. The van der Waals surface area contributed by atoms with Gasteiger partial charge in [-0.25, -0.2) is 0 Å². The van der Waals surface area contributed by atoms with Gasteiger partial charge in [0.25, 0.3) is 5.69 Å². The van der Waals surface area contributed by atoms with Crippen molar-refractivity contribution < 1.29 is 14.8 Å². The Morgan fingerprint density at radius 3 is 2.76 bits per heavy atom. The SMILES string of the molecule is O=[N+]([O-])c1cccc(OCC2(O)CCCC2)c1. The first kappa shape index (κ1) is 11.9. The summed E-state index contributed by atoms with van der Waals surface area (Å²) in [4.78, 5) is 10.1. The van der Waals surface area contributed by atoms with E-state index in [9.17, 15) is 15.2 Å². The van der Waals surface area contributed by atoms with E-state index in [1.807, 2.05) is 0 Å². The average molecular weight is 237 g/mol. The molecule has 1 aliphatic carbocycles. The number of hydrogen-bond donors (Lipinski definition) is 1. The predicted octanol–water partition coefficient (Wildman–Crippen LogP) is 2.28. The van der Waals surface area contributed by atoms with Crippen LogP contribution in [0, 0.1) is 10.1 Å². The topological polar surface area (TPSA) is 72.6 Å². The van der Waals surface area contributed by atoms with Crippen LogP contribution in [0.4, 0.5) is 5.69 Å². The fraction of sp³-hybridized carbons (Fsp3) is 0.500. The molecule has 17 heavy (non-hydrogen) atoms. The number of hydrogen-bond acceptors (Lipinski definition) is 4. The molecule has 5 nitrogen and oxygen atoms in total. The number of benzene rings is 1. The molecule has 0 spiro atoms. The third-order valence-corrected chi connectivity index (χ3v) is 3.07. The second-order valence-electron chi connectivity index (χ2n) is 4.47. The third-order valence-electron chi connectivity index (χ3n) is 3.07. The lowest BCUT2D eigenvalue weighted by atomic mass is 10.0. The lowest BCUT2D eigenvalue weighted by Crippen LogP contribution is -2.32. The average Bonchev–Trinajstić information content (AvgIpc) is 2.75. The highest BCUT2D eigenvalue weighted by molar-refractivity contribution is 5.37. The van der Waals surface area contributed by atoms with Crippen molar-refractivity contribution in [2.45, 2.75) is 31.3 Å². The van der Waals surface area contributed by atoms with Gasteiger partial charge in [0.1, 0.15) is 12.4 Å². The van der Waals surface area contributed by atoms with Crippen molar-refractivity contribution in [3.05, 3.63) is 34.4 Å². The van der Waals surface area contributed by atoms with Crippen molar-refractivity contribution in [3.8, 4) is 5.75 Å². The molecule has 0 saturated heterocycles. The summed E-state index contributed by atoms with van der Waals surface area (Å²) in [5, 5.41) is 20.6. The van der Waals surface area contributed by atoms with E-state index in [2.05, 4.69) is 0 Å². The van der Waals surface area contributed by atoms with Crippen molar-refractivity contribution >= 4 is 5.69 Å². The van der Waals surface area contributed by atoms with Gasteiger partial charge >= 0.3 is 0 Å². The molecule has 1 aliphatic rings. The number of nitro groups is 1. The molecule has 0 heterocycles. The summed E-state index contributed by atoms with van der Waals surface area (Å²) < 4.78 is 5.43. The third kappa shape index (κ3) is 2.94. The van der Waals surface area contributed by atoms with Crippen LogP contribution < -0.4 is 4.74 Å². The number of nitro benzene ring substituents is 1. The molecule has 1 aromatic carbocycles. The number of aliphatic hydroxyl groups is 1. The number of nitrogens with zero attached hydrogens (tertiary/aromatic N) is 1. The molecule has 0 aromatic heterocycles. The van der Waals surface area contributed by atoms with Crippen LogP contribution in [0.5, 0.6) is 5.75 Å². The first-order valence-corrected chi connectivity index (χ1v) is 5.69. The van der Waals surface area contributed by atoms with E-state index in [0.717, 1.165) is 25.7 Å². The van der Waals surface area contributed by atoms with Crippen LogP contribution in [-0.2, 0) is 0 Å². The van der Waals surface area contributed by atoms with Crippen LogP contribution in [0.2, 0.25) is 0 Å². The summed E-state index contributed by atoms with van der Waals surface area (Å²) >= 11 is 0. The first-order chi connectivity index (χ1) is 8.09. The van der Waals surface area contributed by atoms with E-state index in [4.69, 9.17) is 4.74 Å². The zero-order chi connectivity index (χ0) is 12.3. The smallest absolute Gasteiger partial charge is 0.273 e. The van der Waals surface area contributed by atoms with Gasteiger partial charge in [0.05, 0.1) is 16.6 Å². The van der Waals surface area contributed by atoms with Crippen molar-refractivity contribution in [1.29, 1.82) is 0 Å². The molecule has 1 fully saturated rings. The monoisotopic (exact) mass is 237 g/mol. The molecule has 1 aromatic rings. The highest BCUT2D eigenvalue weighted by Crippen LogP contribution is 2.30. The van der Waals surface area contributed by atoms with E-state index in [0.29, 0.717) is 5.75 Å². The molecule has 0 radical (unpaired) electrons. The van der Waals surface area contributed by atoms with Crippen molar-refractivity contribution in [2.24, 2.45) is 0 Å². The molecule has 1 saturated carbocycles. The van der Waals surface area contributed by atoms with Gasteiger partial charge in [-0.2, -0.15) is 0 Å². The molecular weight excluding hydrogens is 222 g/mol. The second-order valence-corrected chi connectivity index (χ2v) is 4.47. The number of rotatable bonds is 4. The van der Waals surface area contributed by atoms with E-state index in [1.54, 1.807) is 12.1 Å². The summed E-state index contributed by atoms with van der Waals surface area (Å²) in [6, 6.07) is 6.02. The molecule has 0 amide bonds. The lowest BCUT2D eigenvalue weighted by molar-refractivity contribution is -0.384. The minimum Gasteiger partial charge on any atom is -0.490 e. The van der Waals surface area contributed by atoms with Crippen molar-refractivity contribution in [2.75, 3.05) is 6.61 Å². The minimum absolute atomic E-state index is 0.000844. The van der Waals surface area contributed by atoms with Crippen molar-refractivity contribution in [1.82, 2.24) is 0 Å². The Kier molecular flexibility index (Phi) is 3.28. The maximum absolute atomic E-state index is 10.6. The largest absolute Gasteiger partial charge is 0.490 e. The normalized spacial score (nSPS) is 17.9. The summed E-state index contributed by atoms with van der Waals surface area (Å²) in [6.07, 6.45) is 3.49. The maximum Gasteiger partial charge on any atom is 0.273 e. The van der Waals surface area contributed by atoms with Crippen LogP contribution >= 0.6 is 0 Å². The standard InChI is InChI=1S/C12H15NO4/c14-12(6-1-2-7-12)9-17-11-5-3-4-10(8-11)13(15)16/h3-5,8,14H,1-2,6-7,9H2. The van der Waals surface area contributed by atoms with Crippen LogP contribution in [0.25, 0.3) is 0 Å². The zero-order valence-corrected chi connectivity index (χ0v) is 9.46. The highest BCUT2D eigenvalue weighted by atomic mass is 16.6. The van der Waals surface area contributed by atoms with Gasteiger partial charge in [-0.3, -0.25) is 10.1 Å². The van der Waals surface area contributed by atoms with Gasteiger partial charge in [0.15, 0.2) is 0 Å². The second kappa shape index (κ2) is 4.71. The van der Waals surface area contributed by atoms with Gasteiger partial charge in [0, 0.05) is 6.07 Å². The Bertz CT molecular complexity index is 413. The molecule has 5 heteroatoms. The van der Waals surface area contributed by atoms with Crippen LogP contribution in [0.3, 0.4) is 0 Å². The Labute approximate surface area is 99.2 Å². The Morgan fingerprint density at radius 2 is 2.12 bits per heavy atom. The Morgan fingerprint density at radius 1 is 1.41 bits per heavy atom. The summed E-state index contributed by atoms with van der Waals surface area (Å²) in [5.41, 5.74) is -0.758. The van der Waals surface area contributed by atoms with Crippen LogP contribution in [0.15, 0.2) is 24.3 Å². The van der Waals surface area contributed by atoms with Crippen LogP contribution in [0.1, 0.15) is 25.7 Å². The van der Waals surface area contributed by atoms with Gasteiger partial charge in [-0.15, -0.1) is 0 Å². The summed E-state index contributed by atoms with van der Waals surface area (Å²) in [7, 11) is 0. The molecule has 92 valence electrons. The van der Waals surface area contributed by atoms with Gasteiger partial charge < -0.3 is 9.84 Å². The van der Waals surface area contributed by atoms with E-state index < -0.39 is 10.5 Å². The molecule has 1 N–H and O–H groups in total. The minimum atomic E-state index is -0.759. The predicted molar refractivity (Wildman–Crippen MR) is 62.0 cm³/mol. The fourth-order valence-corrected chi connectivity index (χ4v) is 2.08. The molecule has 0 bridgehead atoms. The first-order valence-electron chi connectivity index (χ1n) is 5.69. The molecule has 2 rings (SSSR count). The summed E-state index contributed by atoms with van der Waals surface area (Å²) in [6.45, 7) is 0.203.